The Labute approximate surface area is 229 Å². The number of hydrogen-bond acceptors (Lipinski definition) is 5. The van der Waals surface area contributed by atoms with Crippen molar-refractivity contribution in [2.24, 2.45) is 0 Å². The van der Waals surface area contributed by atoms with Crippen molar-refractivity contribution in [3.8, 4) is 11.4 Å². The van der Waals surface area contributed by atoms with Crippen LogP contribution in [0.15, 0.2) is 72.9 Å². The smallest absolute Gasteiger partial charge is 0.256 e. The molecule has 1 amide bonds. The zero-order valence-corrected chi connectivity index (χ0v) is 22.5. The van der Waals surface area contributed by atoms with Crippen molar-refractivity contribution < 1.29 is 14.3 Å². The van der Waals surface area contributed by atoms with Gasteiger partial charge in [0.1, 0.15) is 5.75 Å². The quantitative estimate of drug-likeness (QED) is 0.385. The molecular formula is C32H33N4O3. The Balaban J connectivity index is 1.42. The van der Waals surface area contributed by atoms with Gasteiger partial charge in [0.15, 0.2) is 0 Å². The van der Waals surface area contributed by atoms with E-state index in [0.717, 1.165) is 50.0 Å². The number of hydrogen-bond donors (Lipinski definition) is 0. The highest BCUT2D eigenvalue weighted by atomic mass is 16.5. The van der Waals surface area contributed by atoms with E-state index < -0.39 is 0 Å². The van der Waals surface area contributed by atoms with Crippen molar-refractivity contribution in [2.45, 2.75) is 19.0 Å². The van der Waals surface area contributed by atoms with E-state index in [0.29, 0.717) is 29.1 Å². The molecule has 0 aliphatic carbocycles. The highest BCUT2D eigenvalue weighted by molar-refractivity contribution is 6.02. The van der Waals surface area contributed by atoms with Crippen LogP contribution in [0.2, 0.25) is 0 Å². The molecule has 1 radical (unpaired) electrons. The van der Waals surface area contributed by atoms with E-state index in [-0.39, 0.29) is 11.9 Å². The summed E-state index contributed by atoms with van der Waals surface area (Å²) in [6.07, 6.45) is 4.65. The fraction of sp³-hybridized carbons (Fsp3) is 0.312. The summed E-state index contributed by atoms with van der Waals surface area (Å²) < 4.78 is 7.47. The number of amides is 1. The van der Waals surface area contributed by atoms with Gasteiger partial charge in [0.2, 0.25) is 6.29 Å². The Morgan fingerprint density at radius 3 is 2.49 bits per heavy atom. The largest absolute Gasteiger partial charge is 0.497 e. The number of nitrogens with zero attached hydrogens (tertiary/aromatic N) is 4. The Morgan fingerprint density at radius 2 is 1.72 bits per heavy atom. The first-order chi connectivity index (χ1) is 19.1. The third-order valence-electron chi connectivity index (χ3n) is 8.20. The Hall–Kier alpha value is -3.94. The van der Waals surface area contributed by atoms with Crippen molar-refractivity contribution in [2.75, 3.05) is 46.9 Å². The molecule has 39 heavy (non-hydrogen) atoms. The Kier molecular flexibility index (Phi) is 6.94. The molecule has 1 fully saturated rings. The monoisotopic (exact) mass is 521 g/mol. The fourth-order valence-corrected chi connectivity index (χ4v) is 5.95. The first-order valence-electron chi connectivity index (χ1n) is 13.5. The summed E-state index contributed by atoms with van der Waals surface area (Å²) >= 11 is 0. The minimum Gasteiger partial charge on any atom is -0.497 e. The molecule has 4 aromatic rings. The van der Waals surface area contributed by atoms with E-state index in [1.54, 1.807) is 13.3 Å². The molecule has 1 saturated heterocycles. The predicted octanol–water partition coefficient (Wildman–Crippen LogP) is 3.91. The first kappa shape index (κ1) is 25.3. The topological polar surface area (TPSA) is 58.0 Å². The molecular weight excluding hydrogens is 488 g/mol. The molecule has 1 atom stereocenters. The van der Waals surface area contributed by atoms with Gasteiger partial charge >= 0.3 is 0 Å². The maximum absolute atomic E-state index is 14.5. The highest BCUT2D eigenvalue weighted by Crippen LogP contribution is 2.32. The maximum Gasteiger partial charge on any atom is 0.256 e. The van der Waals surface area contributed by atoms with Crippen LogP contribution in [0.4, 0.5) is 0 Å². The van der Waals surface area contributed by atoms with Crippen LogP contribution >= 0.6 is 0 Å². The minimum atomic E-state index is -0.0179. The second-order valence-corrected chi connectivity index (χ2v) is 10.6. The Morgan fingerprint density at radius 1 is 0.974 bits per heavy atom. The van der Waals surface area contributed by atoms with Gasteiger partial charge in [-0.1, -0.05) is 42.5 Å². The molecule has 0 saturated carbocycles. The molecule has 0 unspecified atom stereocenters. The van der Waals surface area contributed by atoms with Crippen LogP contribution in [0, 0.1) is 0 Å². The van der Waals surface area contributed by atoms with Gasteiger partial charge in [-0.25, -0.2) is 0 Å². The van der Waals surface area contributed by atoms with Crippen LogP contribution in [-0.2, 0) is 17.8 Å². The van der Waals surface area contributed by atoms with Crippen molar-refractivity contribution in [3.63, 3.8) is 0 Å². The molecule has 3 heterocycles. The average Bonchev–Trinajstić information content (AvgIpc) is 3.36. The third-order valence-corrected chi connectivity index (χ3v) is 8.20. The number of aromatic nitrogens is 1. The standard InChI is InChI=1S/C32H33N4O3/c1-33-13-15-34(16-14-33)21-26-17-23-7-3-4-8-24(23)19-35(26)32(38)29-12-11-27(39-2)18-31(29)36-20-25(22-37)28-9-5-6-10-30(28)36/h3-12,18,20,26H,13-17,19,21H2,1-2H3/t26-/m0/s1. The number of carbonyl (C=O) groups excluding carboxylic acids is 2. The number of piperazine rings is 1. The van der Waals surface area contributed by atoms with Crippen LogP contribution in [0.3, 0.4) is 0 Å². The number of methoxy groups -OCH3 is 1. The summed E-state index contributed by atoms with van der Waals surface area (Å²) in [5.74, 6) is 0.629. The molecule has 2 aliphatic heterocycles. The summed E-state index contributed by atoms with van der Waals surface area (Å²) in [7, 11) is 3.78. The van der Waals surface area contributed by atoms with E-state index in [9.17, 15) is 9.59 Å². The molecule has 7 heteroatoms. The van der Waals surface area contributed by atoms with Gasteiger partial charge in [0.25, 0.3) is 5.91 Å². The van der Waals surface area contributed by atoms with Crippen LogP contribution in [0.1, 0.15) is 27.0 Å². The molecule has 0 spiro atoms. The van der Waals surface area contributed by atoms with Gasteiger partial charge in [-0.3, -0.25) is 14.5 Å². The highest BCUT2D eigenvalue weighted by Gasteiger charge is 2.33. The zero-order chi connectivity index (χ0) is 26.9. The summed E-state index contributed by atoms with van der Waals surface area (Å²) in [6, 6.07) is 21.8. The summed E-state index contributed by atoms with van der Waals surface area (Å²) in [5, 5.41) is 0.800. The van der Waals surface area contributed by atoms with Crippen LogP contribution in [0.5, 0.6) is 5.75 Å². The average molecular weight is 522 g/mol. The fourth-order valence-electron chi connectivity index (χ4n) is 5.95. The number of carbonyl (C=O) groups is 1. The van der Waals surface area contributed by atoms with E-state index in [2.05, 4.69) is 41.3 Å². The van der Waals surface area contributed by atoms with Gasteiger partial charge < -0.3 is 19.1 Å². The van der Waals surface area contributed by atoms with Crippen LogP contribution in [0.25, 0.3) is 16.6 Å². The summed E-state index contributed by atoms with van der Waals surface area (Å²) in [5.41, 5.74) is 5.09. The number of ether oxygens (including phenoxy) is 1. The van der Waals surface area contributed by atoms with E-state index in [1.165, 1.54) is 11.1 Å². The molecule has 0 bridgehead atoms. The van der Waals surface area contributed by atoms with Crippen molar-refractivity contribution in [1.82, 2.24) is 19.3 Å². The molecule has 7 nitrogen and oxygen atoms in total. The maximum atomic E-state index is 14.5. The molecule has 1 aromatic heterocycles. The first-order valence-corrected chi connectivity index (χ1v) is 13.5. The SMILES string of the molecule is COc1ccc(C(=O)N2Cc3ccccc3C[C@H]2CN2CCN(C)CC2)c(-n2cc([C]=O)c3ccccc32)c1. The van der Waals surface area contributed by atoms with Crippen molar-refractivity contribution >= 4 is 23.1 Å². The van der Waals surface area contributed by atoms with Crippen LogP contribution in [-0.4, -0.2) is 84.4 Å². The van der Waals surface area contributed by atoms with Gasteiger partial charge in [0.05, 0.1) is 29.4 Å². The lowest BCUT2D eigenvalue weighted by molar-refractivity contribution is 0.0536. The number of rotatable bonds is 6. The van der Waals surface area contributed by atoms with Crippen molar-refractivity contribution in [3.05, 3.63) is 95.2 Å². The van der Waals surface area contributed by atoms with Gasteiger partial charge in [-0.2, -0.15) is 0 Å². The number of fused-ring (bicyclic) bond motifs is 2. The molecule has 0 N–H and O–H groups in total. The lowest BCUT2D eigenvalue weighted by Gasteiger charge is -2.41. The van der Waals surface area contributed by atoms with Crippen molar-refractivity contribution in [1.29, 1.82) is 0 Å². The lowest BCUT2D eigenvalue weighted by Crippen LogP contribution is -2.53. The third kappa shape index (κ3) is 4.84. The van der Waals surface area contributed by atoms with Gasteiger partial charge in [-0.15, -0.1) is 0 Å². The number of benzene rings is 3. The lowest BCUT2D eigenvalue weighted by atomic mass is 9.92. The zero-order valence-electron chi connectivity index (χ0n) is 22.5. The second-order valence-electron chi connectivity index (χ2n) is 10.6. The molecule has 2 aliphatic rings. The van der Waals surface area contributed by atoms with Gasteiger partial charge in [-0.05, 0) is 42.8 Å². The van der Waals surface area contributed by atoms with E-state index in [1.807, 2.05) is 58.0 Å². The Bertz CT molecular complexity index is 1520. The van der Waals surface area contributed by atoms with Gasteiger partial charge in [0, 0.05) is 63.0 Å². The minimum absolute atomic E-state index is 0.0179. The molecule has 199 valence electrons. The van der Waals surface area contributed by atoms with Crippen LogP contribution < -0.4 is 4.74 Å². The summed E-state index contributed by atoms with van der Waals surface area (Å²) in [4.78, 5) is 33.1. The number of para-hydroxylation sites is 1. The molecule has 3 aromatic carbocycles. The van der Waals surface area contributed by atoms with E-state index in [4.69, 9.17) is 4.74 Å². The second kappa shape index (κ2) is 10.7. The molecule has 6 rings (SSSR count). The predicted molar refractivity (Wildman–Crippen MR) is 152 cm³/mol. The normalized spacial score (nSPS) is 18.2. The van der Waals surface area contributed by atoms with E-state index >= 15 is 0 Å². The summed E-state index contributed by atoms with van der Waals surface area (Å²) in [6.45, 7) is 5.50. The number of likely N-dealkylation sites (N-methyl/N-ethyl adjacent to an activating group) is 1.